The Balaban J connectivity index is 2.26. The van der Waals surface area contributed by atoms with Gasteiger partial charge < -0.3 is 21.5 Å². The van der Waals surface area contributed by atoms with E-state index in [1.807, 2.05) is 6.92 Å². The molecule has 0 radical (unpaired) electrons. The molecule has 172 valence electrons. The number of amides is 1. The molecule has 0 saturated carbocycles. The average molecular weight is 441 g/mol. The lowest BCUT2D eigenvalue weighted by atomic mass is 10.0. The number of ketones is 1. The van der Waals surface area contributed by atoms with Crippen LogP contribution >= 0.6 is 0 Å². The van der Waals surface area contributed by atoms with E-state index in [-0.39, 0.29) is 29.8 Å². The number of nitrogens with two attached hydrogens (primary N) is 1. The standard InChI is InChI=1S/C24H32N4O4/c1-4-5-6-11-21(29)26-19(24(31)32)14-16-9-7-8-10-18(16)27-23-17(22(30)15(2)3)12-13-20(25)28-23/h7-10,12-13,15,19H,4-6,11,14H2,1-3H3,(H,26,29)(H,31,32)(H3,25,27,28)/t19-/m0/s1. The number of nitrogens with zero attached hydrogens (tertiary/aromatic N) is 1. The third-order valence-corrected chi connectivity index (χ3v) is 5.04. The summed E-state index contributed by atoms with van der Waals surface area (Å²) >= 11 is 0. The molecule has 8 heteroatoms. The van der Waals surface area contributed by atoms with Gasteiger partial charge in [0, 0.05) is 24.4 Å². The number of carboxylic acids is 1. The molecule has 32 heavy (non-hydrogen) atoms. The van der Waals surface area contributed by atoms with E-state index in [2.05, 4.69) is 15.6 Å². The first-order valence-electron chi connectivity index (χ1n) is 10.9. The van der Waals surface area contributed by atoms with Crippen LogP contribution in [0.1, 0.15) is 62.4 Å². The Morgan fingerprint density at radius 3 is 2.47 bits per heavy atom. The number of unbranched alkanes of at least 4 members (excludes halogenated alkanes) is 2. The highest BCUT2D eigenvalue weighted by molar-refractivity contribution is 6.02. The summed E-state index contributed by atoms with van der Waals surface area (Å²) in [6.45, 7) is 5.64. The molecule has 5 N–H and O–H groups in total. The highest BCUT2D eigenvalue weighted by Crippen LogP contribution is 2.26. The number of carbonyl (C=O) groups excluding carboxylic acids is 2. The van der Waals surface area contributed by atoms with E-state index in [0.29, 0.717) is 29.1 Å². The van der Waals surface area contributed by atoms with Crippen LogP contribution in [0.2, 0.25) is 0 Å². The van der Waals surface area contributed by atoms with Gasteiger partial charge in [0.05, 0.1) is 5.56 Å². The maximum absolute atomic E-state index is 12.6. The Kier molecular flexibility index (Phi) is 9.19. The van der Waals surface area contributed by atoms with Crippen LogP contribution in [0.4, 0.5) is 17.3 Å². The number of aromatic nitrogens is 1. The van der Waals surface area contributed by atoms with Gasteiger partial charge in [-0.25, -0.2) is 9.78 Å². The number of rotatable bonds is 12. The lowest BCUT2D eigenvalue weighted by Crippen LogP contribution is -2.42. The largest absolute Gasteiger partial charge is 0.480 e. The molecule has 1 aromatic heterocycles. The van der Waals surface area contributed by atoms with Gasteiger partial charge in [-0.2, -0.15) is 0 Å². The molecule has 1 atom stereocenters. The summed E-state index contributed by atoms with van der Waals surface area (Å²) < 4.78 is 0. The van der Waals surface area contributed by atoms with Crippen molar-refractivity contribution in [1.29, 1.82) is 0 Å². The first kappa shape index (κ1) is 24.8. The summed E-state index contributed by atoms with van der Waals surface area (Å²) in [7, 11) is 0. The van der Waals surface area contributed by atoms with Crippen LogP contribution in [0.25, 0.3) is 0 Å². The molecule has 0 aliphatic rings. The first-order chi connectivity index (χ1) is 15.2. The quantitative estimate of drug-likeness (QED) is 0.290. The van der Waals surface area contributed by atoms with Crippen molar-refractivity contribution in [3.8, 4) is 0 Å². The fourth-order valence-corrected chi connectivity index (χ4v) is 3.25. The summed E-state index contributed by atoms with van der Waals surface area (Å²) in [5, 5.41) is 15.4. The lowest BCUT2D eigenvalue weighted by Gasteiger charge is -2.19. The van der Waals surface area contributed by atoms with E-state index in [4.69, 9.17) is 5.73 Å². The number of Topliss-reactive ketones (excluding diaryl/α,β-unsaturated/α-hetero) is 1. The van der Waals surface area contributed by atoms with Crippen molar-refractivity contribution >= 4 is 35.0 Å². The van der Waals surface area contributed by atoms with Gasteiger partial charge in [-0.1, -0.05) is 51.8 Å². The number of pyridine rings is 1. The van der Waals surface area contributed by atoms with E-state index in [1.54, 1.807) is 50.2 Å². The highest BCUT2D eigenvalue weighted by atomic mass is 16.4. The van der Waals surface area contributed by atoms with Crippen molar-refractivity contribution in [2.75, 3.05) is 11.1 Å². The molecule has 1 aromatic carbocycles. The molecule has 0 spiro atoms. The van der Waals surface area contributed by atoms with Gasteiger partial charge in [0.15, 0.2) is 5.78 Å². The second-order valence-electron chi connectivity index (χ2n) is 8.05. The molecule has 0 unspecified atom stereocenters. The maximum Gasteiger partial charge on any atom is 0.326 e. The normalized spacial score (nSPS) is 11.8. The Morgan fingerprint density at radius 2 is 1.81 bits per heavy atom. The van der Waals surface area contributed by atoms with Gasteiger partial charge >= 0.3 is 5.97 Å². The van der Waals surface area contributed by atoms with Crippen LogP contribution in [-0.2, 0) is 16.0 Å². The zero-order chi connectivity index (χ0) is 23.7. The molecular formula is C24H32N4O4. The Morgan fingerprint density at radius 1 is 1.09 bits per heavy atom. The molecule has 0 aliphatic heterocycles. The number of nitrogen functional groups attached to an aromatic ring is 1. The van der Waals surface area contributed by atoms with Crippen LogP contribution in [0, 0.1) is 5.92 Å². The number of anilines is 3. The molecule has 1 amide bonds. The first-order valence-corrected chi connectivity index (χ1v) is 10.9. The van der Waals surface area contributed by atoms with Crippen molar-refractivity contribution in [2.24, 2.45) is 5.92 Å². The second kappa shape index (κ2) is 11.8. The van der Waals surface area contributed by atoms with E-state index >= 15 is 0 Å². The number of carboxylic acid groups (broad SMARTS) is 1. The fourth-order valence-electron chi connectivity index (χ4n) is 3.25. The van der Waals surface area contributed by atoms with E-state index < -0.39 is 12.0 Å². The molecular weight excluding hydrogens is 408 g/mol. The minimum Gasteiger partial charge on any atom is -0.480 e. The average Bonchev–Trinajstić information content (AvgIpc) is 2.74. The number of hydrogen-bond donors (Lipinski definition) is 4. The second-order valence-corrected chi connectivity index (χ2v) is 8.05. The van der Waals surface area contributed by atoms with Gasteiger partial charge in [-0.15, -0.1) is 0 Å². The van der Waals surface area contributed by atoms with Gasteiger partial charge in [0.1, 0.15) is 17.7 Å². The zero-order valence-electron chi connectivity index (χ0n) is 18.9. The maximum atomic E-state index is 12.6. The molecule has 0 aliphatic carbocycles. The van der Waals surface area contributed by atoms with Crippen LogP contribution in [0.15, 0.2) is 36.4 Å². The smallest absolute Gasteiger partial charge is 0.326 e. The molecule has 2 rings (SSSR count). The Bertz CT molecular complexity index is 959. The molecule has 8 nitrogen and oxygen atoms in total. The van der Waals surface area contributed by atoms with Crippen molar-refractivity contribution in [1.82, 2.24) is 10.3 Å². The molecule has 0 fully saturated rings. The van der Waals surface area contributed by atoms with Gasteiger partial charge in [0.2, 0.25) is 5.91 Å². The minimum atomic E-state index is -1.11. The number of hydrogen-bond acceptors (Lipinski definition) is 6. The summed E-state index contributed by atoms with van der Waals surface area (Å²) in [6.07, 6.45) is 3.00. The van der Waals surface area contributed by atoms with E-state index in [0.717, 1.165) is 19.3 Å². The van der Waals surface area contributed by atoms with Crippen LogP contribution < -0.4 is 16.4 Å². The summed E-state index contributed by atoms with van der Waals surface area (Å²) in [5.41, 5.74) is 7.50. The van der Waals surface area contributed by atoms with Gasteiger partial charge in [-0.3, -0.25) is 9.59 Å². The molecule has 1 heterocycles. The molecule has 0 bridgehead atoms. The van der Waals surface area contributed by atoms with Crippen LogP contribution in [-0.4, -0.2) is 33.8 Å². The van der Waals surface area contributed by atoms with Crippen molar-refractivity contribution in [3.05, 3.63) is 47.5 Å². The van der Waals surface area contributed by atoms with Crippen molar-refractivity contribution in [3.63, 3.8) is 0 Å². The number of aliphatic carboxylic acids is 1. The third kappa shape index (κ3) is 7.08. The number of benzene rings is 1. The van der Waals surface area contributed by atoms with Gasteiger partial charge in [0.25, 0.3) is 0 Å². The SMILES string of the molecule is CCCCCC(=O)N[C@@H](Cc1ccccc1Nc1nc(N)ccc1C(=O)C(C)C)C(=O)O. The lowest BCUT2D eigenvalue weighted by molar-refractivity contribution is -0.141. The number of nitrogens with one attached hydrogen (secondary N) is 2. The predicted octanol–water partition coefficient (Wildman–Crippen LogP) is 3.94. The zero-order valence-corrected chi connectivity index (χ0v) is 18.9. The fraction of sp³-hybridized carbons (Fsp3) is 0.417. The van der Waals surface area contributed by atoms with E-state index in [1.165, 1.54) is 0 Å². The van der Waals surface area contributed by atoms with Crippen LogP contribution in [0.5, 0.6) is 0 Å². The third-order valence-electron chi connectivity index (χ3n) is 5.04. The summed E-state index contributed by atoms with van der Waals surface area (Å²) in [4.78, 5) is 40.8. The van der Waals surface area contributed by atoms with E-state index in [9.17, 15) is 19.5 Å². The summed E-state index contributed by atoms with van der Waals surface area (Å²) in [5.74, 6) is -1.13. The number of carbonyl (C=O) groups is 3. The monoisotopic (exact) mass is 440 g/mol. The Labute approximate surface area is 188 Å². The highest BCUT2D eigenvalue weighted by Gasteiger charge is 2.22. The predicted molar refractivity (Wildman–Crippen MR) is 125 cm³/mol. The summed E-state index contributed by atoms with van der Waals surface area (Å²) in [6, 6.07) is 9.26. The molecule has 0 saturated heterocycles. The topological polar surface area (TPSA) is 134 Å². The molecule has 2 aromatic rings. The van der Waals surface area contributed by atoms with Crippen LogP contribution in [0.3, 0.4) is 0 Å². The number of para-hydroxylation sites is 1. The van der Waals surface area contributed by atoms with Crippen molar-refractivity contribution < 1.29 is 19.5 Å². The van der Waals surface area contributed by atoms with Gasteiger partial charge in [-0.05, 0) is 30.2 Å². The Hall–Kier alpha value is -3.42. The minimum absolute atomic E-state index is 0.0772. The van der Waals surface area contributed by atoms with Crippen molar-refractivity contribution in [2.45, 2.75) is 58.9 Å².